The van der Waals surface area contributed by atoms with Crippen molar-refractivity contribution in [2.75, 3.05) is 31.0 Å². The lowest BCUT2D eigenvalue weighted by Crippen LogP contribution is -2.42. The molecule has 0 unspecified atom stereocenters. The molecule has 0 radical (unpaired) electrons. The molecule has 4 rings (SSSR count). The number of carbonyl (C=O) groups excluding carboxylic acids is 2. The summed E-state index contributed by atoms with van der Waals surface area (Å²) >= 11 is 0. The summed E-state index contributed by atoms with van der Waals surface area (Å²) in [6.45, 7) is 3.95. The number of fused-ring (bicyclic) bond motifs is 2. The molecule has 2 aliphatic rings. The molecule has 1 fully saturated rings. The average molecular weight is 421 g/mol. The van der Waals surface area contributed by atoms with Gasteiger partial charge in [0.1, 0.15) is 6.54 Å². The zero-order valence-electron chi connectivity index (χ0n) is 18.3. The van der Waals surface area contributed by atoms with Crippen LogP contribution in [0.2, 0.25) is 0 Å². The minimum absolute atomic E-state index is 0.0549. The maximum Gasteiger partial charge on any atom is 0.244 e. The third-order valence-electron chi connectivity index (χ3n) is 6.01. The zero-order valence-corrected chi connectivity index (χ0v) is 18.3. The summed E-state index contributed by atoms with van der Waals surface area (Å²) in [6.07, 6.45) is 2.55. The summed E-state index contributed by atoms with van der Waals surface area (Å²) in [6, 6.07) is 9.12. The molecule has 0 bridgehead atoms. The molecule has 2 aromatic carbocycles. The SMILES string of the molecule is COc1ccc(NC(=O)CN2C(=O)[C@H]3CCCC3=Nc3cc(C)c(C)cc32)cc1OC. The highest BCUT2D eigenvalue weighted by molar-refractivity contribution is 6.17. The fourth-order valence-electron chi connectivity index (χ4n) is 4.20. The van der Waals surface area contributed by atoms with Gasteiger partial charge in [-0.05, 0) is 68.5 Å². The van der Waals surface area contributed by atoms with E-state index in [2.05, 4.69) is 5.32 Å². The first-order chi connectivity index (χ1) is 14.9. The number of carbonyl (C=O) groups is 2. The molecule has 7 heteroatoms. The third-order valence-corrected chi connectivity index (χ3v) is 6.01. The van der Waals surface area contributed by atoms with Crippen LogP contribution in [0.25, 0.3) is 0 Å². The average Bonchev–Trinajstić information content (AvgIpc) is 3.18. The van der Waals surface area contributed by atoms with Crippen LogP contribution < -0.4 is 19.7 Å². The van der Waals surface area contributed by atoms with Crippen LogP contribution in [-0.2, 0) is 9.59 Å². The van der Waals surface area contributed by atoms with Crippen LogP contribution in [0, 0.1) is 19.8 Å². The second kappa shape index (κ2) is 8.41. The van der Waals surface area contributed by atoms with E-state index in [-0.39, 0.29) is 24.3 Å². The van der Waals surface area contributed by atoms with E-state index in [1.54, 1.807) is 37.3 Å². The highest BCUT2D eigenvalue weighted by atomic mass is 16.5. The summed E-state index contributed by atoms with van der Waals surface area (Å²) in [5.74, 6) is 0.509. The lowest BCUT2D eigenvalue weighted by atomic mass is 10.0. The van der Waals surface area contributed by atoms with Crippen LogP contribution in [0.1, 0.15) is 30.4 Å². The molecule has 0 saturated heterocycles. The molecule has 1 saturated carbocycles. The highest BCUT2D eigenvalue weighted by Crippen LogP contribution is 2.39. The van der Waals surface area contributed by atoms with Gasteiger partial charge in [0.05, 0.1) is 31.5 Å². The molecular weight excluding hydrogens is 394 g/mol. The van der Waals surface area contributed by atoms with Crippen LogP contribution in [0.5, 0.6) is 11.5 Å². The second-order valence-electron chi connectivity index (χ2n) is 8.02. The van der Waals surface area contributed by atoms with Gasteiger partial charge in [-0.25, -0.2) is 0 Å². The van der Waals surface area contributed by atoms with Crippen LogP contribution in [0.4, 0.5) is 17.1 Å². The molecule has 7 nitrogen and oxygen atoms in total. The standard InChI is InChI=1S/C24H27N3O4/c1-14-10-19-20(11-15(14)2)27(24(29)17-6-5-7-18(17)26-19)13-23(28)25-16-8-9-21(30-3)22(12-16)31-4/h8-12,17H,5-7,13H2,1-4H3,(H,25,28)/t17-/m0/s1. The van der Waals surface area contributed by atoms with E-state index in [0.717, 1.165) is 41.8 Å². The molecule has 162 valence electrons. The van der Waals surface area contributed by atoms with E-state index in [0.29, 0.717) is 22.9 Å². The number of rotatable bonds is 5. The minimum atomic E-state index is -0.286. The van der Waals surface area contributed by atoms with Crippen molar-refractivity contribution < 1.29 is 19.1 Å². The number of anilines is 2. The summed E-state index contributed by atoms with van der Waals surface area (Å²) in [7, 11) is 3.10. The van der Waals surface area contributed by atoms with Crippen LogP contribution in [0.3, 0.4) is 0 Å². The number of amides is 2. The predicted molar refractivity (Wildman–Crippen MR) is 121 cm³/mol. The van der Waals surface area contributed by atoms with Crippen molar-refractivity contribution >= 4 is 34.6 Å². The molecule has 1 aliphatic heterocycles. The zero-order chi connectivity index (χ0) is 22.1. The molecule has 1 heterocycles. The van der Waals surface area contributed by atoms with Gasteiger partial charge in [-0.3, -0.25) is 14.6 Å². The number of methoxy groups -OCH3 is 2. The lowest BCUT2D eigenvalue weighted by Gasteiger charge is -2.25. The highest BCUT2D eigenvalue weighted by Gasteiger charge is 2.37. The molecule has 0 aromatic heterocycles. The van der Waals surface area contributed by atoms with Crippen LogP contribution >= 0.6 is 0 Å². The number of nitrogens with one attached hydrogen (secondary N) is 1. The van der Waals surface area contributed by atoms with E-state index < -0.39 is 0 Å². The van der Waals surface area contributed by atoms with Crippen molar-refractivity contribution in [2.24, 2.45) is 10.9 Å². The smallest absolute Gasteiger partial charge is 0.244 e. The van der Waals surface area contributed by atoms with Crippen molar-refractivity contribution in [3.05, 3.63) is 41.5 Å². The van der Waals surface area contributed by atoms with Gasteiger partial charge >= 0.3 is 0 Å². The Bertz CT molecular complexity index is 1080. The first-order valence-electron chi connectivity index (χ1n) is 10.4. The number of aryl methyl sites for hydroxylation is 2. The van der Waals surface area contributed by atoms with Crippen LogP contribution in [-0.4, -0.2) is 38.3 Å². The van der Waals surface area contributed by atoms with Gasteiger partial charge in [-0.15, -0.1) is 0 Å². The Labute approximate surface area is 182 Å². The van der Waals surface area contributed by atoms with Gasteiger partial charge in [0, 0.05) is 17.5 Å². The number of hydrogen-bond acceptors (Lipinski definition) is 5. The summed E-state index contributed by atoms with van der Waals surface area (Å²) in [5.41, 5.74) is 5.12. The Kier molecular flexibility index (Phi) is 5.67. The minimum Gasteiger partial charge on any atom is -0.493 e. The van der Waals surface area contributed by atoms with Crippen molar-refractivity contribution in [1.29, 1.82) is 0 Å². The molecule has 2 aromatic rings. The van der Waals surface area contributed by atoms with Gasteiger partial charge in [0.15, 0.2) is 11.5 Å². The van der Waals surface area contributed by atoms with Crippen molar-refractivity contribution in [1.82, 2.24) is 0 Å². The first kappa shape index (κ1) is 20.9. The Morgan fingerprint density at radius 2 is 1.87 bits per heavy atom. The molecule has 0 spiro atoms. The van der Waals surface area contributed by atoms with Crippen LogP contribution in [0.15, 0.2) is 35.3 Å². The van der Waals surface area contributed by atoms with Gasteiger partial charge in [0.2, 0.25) is 11.8 Å². The molecule has 1 aliphatic carbocycles. The number of benzene rings is 2. The maximum atomic E-state index is 13.4. The first-order valence-corrected chi connectivity index (χ1v) is 10.4. The monoisotopic (exact) mass is 421 g/mol. The van der Waals surface area contributed by atoms with E-state index in [4.69, 9.17) is 14.5 Å². The van der Waals surface area contributed by atoms with E-state index in [1.165, 1.54) is 0 Å². The summed E-state index contributed by atoms with van der Waals surface area (Å²) in [4.78, 5) is 32.7. The van der Waals surface area contributed by atoms with Crippen molar-refractivity contribution in [2.45, 2.75) is 33.1 Å². The lowest BCUT2D eigenvalue weighted by molar-refractivity contribution is -0.122. The van der Waals surface area contributed by atoms with Gasteiger partial charge < -0.3 is 19.7 Å². The molecule has 2 amide bonds. The quantitative estimate of drug-likeness (QED) is 0.785. The fourth-order valence-corrected chi connectivity index (χ4v) is 4.20. The third kappa shape index (κ3) is 4.00. The Balaban J connectivity index is 1.62. The van der Waals surface area contributed by atoms with E-state index in [9.17, 15) is 9.59 Å². The fraction of sp³-hybridized carbons (Fsp3) is 0.375. The topological polar surface area (TPSA) is 80.2 Å². The normalized spacial score (nSPS) is 17.4. The van der Waals surface area contributed by atoms with Gasteiger partial charge in [-0.2, -0.15) is 0 Å². The Morgan fingerprint density at radius 3 is 2.61 bits per heavy atom. The maximum absolute atomic E-state index is 13.4. The second-order valence-corrected chi connectivity index (χ2v) is 8.02. The van der Waals surface area contributed by atoms with Crippen molar-refractivity contribution in [3.8, 4) is 11.5 Å². The number of nitrogens with zero attached hydrogens (tertiary/aromatic N) is 2. The summed E-state index contributed by atoms with van der Waals surface area (Å²) in [5, 5.41) is 2.87. The molecule has 1 atom stereocenters. The van der Waals surface area contributed by atoms with E-state index in [1.807, 2.05) is 26.0 Å². The number of hydrogen-bond donors (Lipinski definition) is 1. The Morgan fingerprint density at radius 1 is 1.13 bits per heavy atom. The molecule has 31 heavy (non-hydrogen) atoms. The number of ether oxygens (including phenoxy) is 2. The molecule has 1 N–H and O–H groups in total. The number of aliphatic imine (C=N–C) groups is 1. The van der Waals surface area contributed by atoms with Crippen molar-refractivity contribution in [3.63, 3.8) is 0 Å². The Hall–Kier alpha value is -3.35. The van der Waals surface area contributed by atoms with Gasteiger partial charge in [-0.1, -0.05) is 0 Å². The van der Waals surface area contributed by atoms with E-state index >= 15 is 0 Å². The van der Waals surface area contributed by atoms with Gasteiger partial charge in [0.25, 0.3) is 0 Å². The summed E-state index contributed by atoms with van der Waals surface area (Å²) < 4.78 is 10.5. The largest absolute Gasteiger partial charge is 0.493 e. The molecular formula is C24H27N3O4. The predicted octanol–water partition coefficient (Wildman–Crippen LogP) is 4.18.